The Morgan fingerprint density at radius 1 is 1.29 bits per heavy atom. The van der Waals surface area contributed by atoms with Gasteiger partial charge in [0.25, 0.3) is 11.5 Å². The normalized spacial score (nSPS) is 10.2. The third kappa shape index (κ3) is 4.36. The van der Waals surface area contributed by atoms with Crippen molar-refractivity contribution in [1.82, 2.24) is 9.88 Å². The smallest absolute Gasteiger partial charge is 0.251 e. The molecule has 0 aliphatic rings. The van der Waals surface area contributed by atoms with E-state index in [4.69, 9.17) is 16.3 Å². The van der Waals surface area contributed by atoms with Crippen molar-refractivity contribution in [2.45, 2.75) is 0 Å². The average molecular weight is 307 g/mol. The van der Waals surface area contributed by atoms with Gasteiger partial charge in [-0.05, 0) is 30.3 Å². The Bertz CT molecular complexity index is 680. The summed E-state index contributed by atoms with van der Waals surface area (Å²) in [7, 11) is 1.63. The van der Waals surface area contributed by atoms with Gasteiger partial charge in [-0.25, -0.2) is 0 Å². The highest BCUT2D eigenvalue weighted by Crippen LogP contribution is 2.15. The molecule has 1 N–H and O–H groups in total. The van der Waals surface area contributed by atoms with Crippen LogP contribution in [0.4, 0.5) is 0 Å². The molecule has 0 aliphatic heterocycles. The van der Waals surface area contributed by atoms with Gasteiger partial charge in [-0.15, -0.1) is 0 Å². The Balaban J connectivity index is 1.80. The molecule has 0 saturated carbocycles. The maximum absolute atomic E-state index is 11.8. The third-order valence-corrected chi connectivity index (χ3v) is 3.09. The molecular weight excluding hydrogens is 292 g/mol. The van der Waals surface area contributed by atoms with Gasteiger partial charge in [0.15, 0.2) is 0 Å². The molecule has 2 aromatic rings. The summed E-state index contributed by atoms with van der Waals surface area (Å²) in [6, 6.07) is 9.87. The number of aromatic nitrogens is 1. The topological polar surface area (TPSA) is 60.3 Å². The third-order valence-electron chi connectivity index (χ3n) is 2.84. The molecule has 1 heterocycles. The molecule has 5 nitrogen and oxygen atoms in total. The van der Waals surface area contributed by atoms with Gasteiger partial charge >= 0.3 is 0 Å². The van der Waals surface area contributed by atoms with Crippen LogP contribution in [-0.2, 0) is 7.05 Å². The average Bonchev–Trinajstić information content (AvgIpc) is 2.48. The highest BCUT2D eigenvalue weighted by Gasteiger charge is 2.06. The summed E-state index contributed by atoms with van der Waals surface area (Å²) in [6.45, 7) is 0.675. The van der Waals surface area contributed by atoms with E-state index in [1.165, 1.54) is 10.6 Å². The van der Waals surface area contributed by atoms with Crippen LogP contribution in [0.3, 0.4) is 0 Å². The largest absolute Gasteiger partial charge is 0.492 e. The van der Waals surface area contributed by atoms with Crippen LogP contribution in [0.15, 0.2) is 47.4 Å². The summed E-state index contributed by atoms with van der Waals surface area (Å²) in [4.78, 5) is 23.3. The Morgan fingerprint density at radius 3 is 2.67 bits per heavy atom. The lowest BCUT2D eigenvalue weighted by Crippen LogP contribution is -2.29. The van der Waals surface area contributed by atoms with Crippen molar-refractivity contribution in [3.05, 3.63) is 63.5 Å². The molecule has 0 radical (unpaired) electrons. The quantitative estimate of drug-likeness (QED) is 0.858. The number of nitrogens with zero attached hydrogens (tertiary/aromatic N) is 1. The van der Waals surface area contributed by atoms with Crippen molar-refractivity contribution in [3.63, 3.8) is 0 Å². The van der Waals surface area contributed by atoms with Crippen molar-refractivity contribution >= 4 is 17.5 Å². The summed E-state index contributed by atoms with van der Waals surface area (Å²) in [5, 5.41) is 3.33. The van der Waals surface area contributed by atoms with E-state index in [2.05, 4.69) is 5.32 Å². The number of benzene rings is 1. The lowest BCUT2D eigenvalue weighted by molar-refractivity contribution is 0.0946. The van der Waals surface area contributed by atoms with Gasteiger partial charge in [-0.1, -0.05) is 11.6 Å². The molecule has 1 aromatic heterocycles. The number of hydrogen-bond donors (Lipinski definition) is 1. The number of carbonyl (C=O) groups excluding carboxylic acids is 1. The predicted molar refractivity (Wildman–Crippen MR) is 81.0 cm³/mol. The van der Waals surface area contributed by atoms with Crippen LogP contribution in [0, 0.1) is 0 Å². The number of nitrogens with one attached hydrogen (secondary N) is 1. The van der Waals surface area contributed by atoms with E-state index in [1.54, 1.807) is 43.6 Å². The first-order valence-electron chi connectivity index (χ1n) is 6.39. The van der Waals surface area contributed by atoms with Crippen molar-refractivity contribution in [3.8, 4) is 5.75 Å². The van der Waals surface area contributed by atoms with Crippen LogP contribution >= 0.6 is 11.6 Å². The second-order valence-electron chi connectivity index (χ2n) is 4.42. The molecule has 1 aromatic carbocycles. The Hall–Kier alpha value is -2.27. The molecule has 0 unspecified atom stereocenters. The zero-order chi connectivity index (χ0) is 15.2. The fourth-order valence-electron chi connectivity index (χ4n) is 1.66. The summed E-state index contributed by atoms with van der Waals surface area (Å²) in [5.41, 5.74) is 0.115. The second kappa shape index (κ2) is 6.95. The van der Waals surface area contributed by atoms with E-state index < -0.39 is 0 Å². The SMILES string of the molecule is Cn1ccc(C(=O)NCCOc2ccc(Cl)cc2)cc1=O. The predicted octanol–water partition coefficient (Wildman–Crippen LogP) is 1.85. The molecule has 1 amide bonds. The molecule has 0 bridgehead atoms. The number of hydrogen-bond acceptors (Lipinski definition) is 3. The second-order valence-corrected chi connectivity index (χ2v) is 4.86. The number of halogens is 1. The van der Waals surface area contributed by atoms with Crippen LogP contribution < -0.4 is 15.6 Å². The van der Waals surface area contributed by atoms with Gasteiger partial charge in [0.05, 0.1) is 6.54 Å². The first kappa shape index (κ1) is 15.1. The van der Waals surface area contributed by atoms with E-state index >= 15 is 0 Å². The number of ether oxygens (including phenoxy) is 1. The first-order chi connectivity index (χ1) is 10.1. The van der Waals surface area contributed by atoms with Crippen LogP contribution in [0.25, 0.3) is 0 Å². The molecule has 0 spiro atoms. The van der Waals surface area contributed by atoms with E-state index in [-0.39, 0.29) is 11.5 Å². The van der Waals surface area contributed by atoms with Crippen LogP contribution in [0.1, 0.15) is 10.4 Å². The highest BCUT2D eigenvalue weighted by molar-refractivity contribution is 6.30. The van der Waals surface area contributed by atoms with Gasteiger partial charge in [0.1, 0.15) is 12.4 Å². The summed E-state index contributed by atoms with van der Waals surface area (Å²) in [6.07, 6.45) is 1.56. The minimum absolute atomic E-state index is 0.222. The van der Waals surface area contributed by atoms with Crippen LogP contribution in [0.2, 0.25) is 5.02 Å². The number of carbonyl (C=O) groups is 1. The molecule has 0 aliphatic carbocycles. The monoisotopic (exact) mass is 306 g/mol. The molecular formula is C15H15ClN2O3. The van der Waals surface area contributed by atoms with E-state index in [0.717, 1.165) is 0 Å². The van der Waals surface area contributed by atoms with Gasteiger partial charge in [-0.2, -0.15) is 0 Å². The van der Waals surface area contributed by atoms with Gasteiger partial charge in [0.2, 0.25) is 0 Å². The van der Waals surface area contributed by atoms with Crippen molar-refractivity contribution < 1.29 is 9.53 Å². The Kier molecular flexibility index (Phi) is 5.00. The van der Waals surface area contributed by atoms with Crippen LogP contribution in [-0.4, -0.2) is 23.6 Å². The fourth-order valence-corrected chi connectivity index (χ4v) is 1.78. The molecule has 21 heavy (non-hydrogen) atoms. The van der Waals surface area contributed by atoms with Gasteiger partial charge in [0, 0.05) is 29.9 Å². The van der Waals surface area contributed by atoms with E-state index in [1.807, 2.05) is 0 Å². The molecule has 2 rings (SSSR count). The van der Waals surface area contributed by atoms with Crippen molar-refractivity contribution in [2.24, 2.45) is 7.05 Å². The number of amides is 1. The fraction of sp³-hybridized carbons (Fsp3) is 0.200. The van der Waals surface area contributed by atoms with Crippen LogP contribution in [0.5, 0.6) is 5.75 Å². The highest BCUT2D eigenvalue weighted by atomic mass is 35.5. The minimum Gasteiger partial charge on any atom is -0.492 e. The summed E-state index contributed by atoms with van der Waals surface area (Å²) < 4.78 is 6.85. The number of aryl methyl sites for hydroxylation is 1. The number of pyridine rings is 1. The maximum atomic E-state index is 11.8. The molecule has 0 saturated heterocycles. The van der Waals surface area contributed by atoms with E-state index in [9.17, 15) is 9.59 Å². The van der Waals surface area contributed by atoms with E-state index in [0.29, 0.717) is 29.5 Å². The van der Waals surface area contributed by atoms with Gasteiger partial charge in [-0.3, -0.25) is 9.59 Å². The first-order valence-corrected chi connectivity index (χ1v) is 6.77. The number of rotatable bonds is 5. The summed E-state index contributed by atoms with van der Waals surface area (Å²) >= 11 is 5.77. The zero-order valence-electron chi connectivity index (χ0n) is 11.5. The Labute approximate surface area is 127 Å². The van der Waals surface area contributed by atoms with Gasteiger partial charge < -0.3 is 14.6 Å². The maximum Gasteiger partial charge on any atom is 0.251 e. The van der Waals surface area contributed by atoms with Crippen molar-refractivity contribution in [2.75, 3.05) is 13.2 Å². The lowest BCUT2D eigenvalue weighted by Gasteiger charge is -2.08. The molecule has 110 valence electrons. The minimum atomic E-state index is -0.299. The molecule has 0 fully saturated rings. The lowest BCUT2D eigenvalue weighted by atomic mass is 10.2. The summed E-state index contributed by atoms with van der Waals surface area (Å²) in [5.74, 6) is 0.384. The van der Waals surface area contributed by atoms with Crippen molar-refractivity contribution in [1.29, 1.82) is 0 Å². The Morgan fingerprint density at radius 2 is 2.00 bits per heavy atom. The molecule has 0 atom stereocenters. The molecule has 6 heteroatoms. The zero-order valence-corrected chi connectivity index (χ0v) is 12.3. The standard InChI is InChI=1S/C15H15ClN2O3/c1-18-8-6-11(10-14(18)19)15(20)17-7-9-21-13-4-2-12(16)3-5-13/h2-6,8,10H,7,9H2,1H3,(H,17,20).